The molecule has 3 aromatic rings. The van der Waals surface area contributed by atoms with Crippen LogP contribution in [0.5, 0.6) is 0 Å². The second-order valence-electron chi connectivity index (χ2n) is 7.03. The normalized spacial score (nSPS) is 11.0. The summed E-state index contributed by atoms with van der Waals surface area (Å²) < 4.78 is 2.21. The number of unbranched alkanes of at least 4 members (excludes halogenated alkanes) is 3. The van der Waals surface area contributed by atoms with Crippen molar-refractivity contribution in [3.8, 4) is 0 Å². The van der Waals surface area contributed by atoms with Crippen LogP contribution in [-0.2, 0) is 11.3 Å². The topological polar surface area (TPSA) is 64.0 Å². The molecule has 0 aliphatic rings. The number of aryl methyl sites for hydroxylation is 1. The van der Waals surface area contributed by atoms with Crippen molar-refractivity contribution in [3.63, 3.8) is 0 Å². The number of hydrogen-bond donors (Lipinski definition) is 1. The highest BCUT2D eigenvalue weighted by atomic mass is 32.2. The summed E-state index contributed by atoms with van der Waals surface area (Å²) in [4.78, 5) is 29.0. The van der Waals surface area contributed by atoms with Gasteiger partial charge in [0.15, 0.2) is 10.9 Å². The lowest BCUT2D eigenvalue weighted by atomic mass is 10.1. The maximum atomic E-state index is 12.5. The quantitative estimate of drug-likeness (QED) is 0.271. The molecule has 0 radical (unpaired) electrons. The van der Waals surface area contributed by atoms with Gasteiger partial charge < -0.3 is 9.88 Å². The monoisotopic (exact) mass is 409 g/mol. The lowest BCUT2D eigenvalue weighted by molar-refractivity contribution is -0.113. The van der Waals surface area contributed by atoms with E-state index in [2.05, 4.69) is 22.9 Å². The van der Waals surface area contributed by atoms with E-state index in [0.29, 0.717) is 11.3 Å². The van der Waals surface area contributed by atoms with E-state index >= 15 is 0 Å². The Balaban J connectivity index is 1.69. The van der Waals surface area contributed by atoms with Gasteiger partial charge in [-0.2, -0.15) is 0 Å². The first-order chi connectivity index (χ1) is 14.1. The fourth-order valence-corrected chi connectivity index (χ4v) is 4.13. The average Bonchev–Trinajstić information content (AvgIpc) is 3.07. The van der Waals surface area contributed by atoms with Gasteiger partial charge in [-0.25, -0.2) is 4.98 Å². The Kier molecular flexibility index (Phi) is 7.47. The van der Waals surface area contributed by atoms with Crippen LogP contribution in [0.3, 0.4) is 0 Å². The molecule has 1 heterocycles. The van der Waals surface area contributed by atoms with E-state index in [1.165, 1.54) is 37.9 Å². The largest absolute Gasteiger partial charge is 0.325 e. The van der Waals surface area contributed by atoms with Gasteiger partial charge >= 0.3 is 0 Å². The Morgan fingerprint density at radius 1 is 1.03 bits per heavy atom. The molecule has 5 nitrogen and oxygen atoms in total. The third-order valence-electron chi connectivity index (χ3n) is 4.77. The summed E-state index contributed by atoms with van der Waals surface area (Å²) in [5, 5.41) is 3.72. The molecule has 1 N–H and O–H groups in total. The van der Waals surface area contributed by atoms with Gasteiger partial charge in [0.25, 0.3) is 0 Å². The zero-order chi connectivity index (χ0) is 20.6. The molecule has 0 spiro atoms. The molecule has 0 aliphatic carbocycles. The summed E-state index contributed by atoms with van der Waals surface area (Å²) in [5.41, 5.74) is 3.13. The number of anilines is 1. The predicted molar refractivity (Wildman–Crippen MR) is 120 cm³/mol. The predicted octanol–water partition coefficient (Wildman–Crippen LogP) is 5.55. The number of ketones is 1. The average molecular weight is 410 g/mol. The second kappa shape index (κ2) is 10.3. The number of para-hydroxylation sites is 3. The van der Waals surface area contributed by atoms with Crippen LogP contribution >= 0.6 is 11.8 Å². The molecular formula is C23H27N3O2S. The van der Waals surface area contributed by atoms with Gasteiger partial charge in [0.2, 0.25) is 5.91 Å². The number of carbonyl (C=O) groups is 2. The Hall–Kier alpha value is -2.60. The third-order valence-corrected chi connectivity index (χ3v) is 5.74. The Morgan fingerprint density at radius 3 is 2.59 bits per heavy atom. The van der Waals surface area contributed by atoms with Crippen molar-refractivity contribution >= 4 is 40.2 Å². The number of fused-ring (bicyclic) bond motifs is 1. The van der Waals surface area contributed by atoms with Crippen LogP contribution in [-0.4, -0.2) is 27.0 Å². The maximum absolute atomic E-state index is 12.5. The van der Waals surface area contributed by atoms with Crippen LogP contribution in [0.15, 0.2) is 53.7 Å². The SMILES string of the molecule is CCCCCCn1c(SCC(=O)Nc2ccccc2C(C)=O)nc2ccccc21. The molecule has 0 saturated heterocycles. The molecule has 0 unspecified atom stereocenters. The van der Waals surface area contributed by atoms with Crippen LogP contribution in [0.1, 0.15) is 49.9 Å². The van der Waals surface area contributed by atoms with Crippen LogP contribution < -0.4 is 5.32 Å². The number of Topliss-reactive ketones (excluding diaryl/α,β-unsaturated/α-hetero) is 1. The summed E-state index contributed by atoms with van der Waals surface area (Å²) in [6.07, 6.45) is 4.72. The minimum absolute atomic E-state index is 0.0672. The van der Waals surface area contributed by atoms with Gasteiger partial charge in [-0.1, -0.05) is 62.2 Å². The third kappa shape index (κ3) is 5.48. The molecule has 6 heteroatoms. The number of hydrogen-bond acceptors (Lipinski definition) is 4. The van der Waals surface area contributed by atoms with Crippen molar-refractivity contribution in [2.24, 2.45) is 0 Å². The van der Waals surface area contributed by atoms with E-state index in [1.807, 2.05) is 24.3 Å². The van der Waals surface area contributed by atoms with Gasteiger partial charge in [0.1, 0.15) is 0 Å². The van der Waals surface area contributed by atoms with E-state index in [9.17, 15) is 9.59 Å². The lowest BCUT2D eigenvalue weighted by Gasteiger charge is -2.10. The minimum atomic E-state index is -0.145. The number of rotatable bonds is 10. The van der Waals surface area contributed by atoms with Gasteiger partial charge in [0, 0.05) is 12.1 Å². The molecule has 1 amide bonds. The number of benzene rings is 2. The number of imidazole rings is 1. The molecule has 152 valence electrons. The van der Waals surface area contributed by atoms with Crippen LogP contribution in [0, 0.1) is 0 Å². The van der Waals surface area contributed by atoms with Gasteiger partial charge in [-0.15, -0.1) is 0 Å². The summed E-state index contributed by atoms with van der Waals surface area (Å²) >= 11 is 1.43. The smallest absolute Gasteiger partial charge is 0.234 e. The number of thioether (sulfide) groups is 1. The Bertz CT molecular complexity index is 997. The molecule has 0 aliphatic heterocycles. The molecule has 0 atom stereocenters. The van der Waals surface area contributed by atoms with Crippen LogP contribution in [0.25, 0.3) is 11.0 Å². The summed E-state index contributed by atoms with van der Waals surface area (Å²) in [6.45, 7) is 4.61. The molecule has 1 aromatic heterocycles. The number of aromatic nitrogens is 2. The van der Waals surface area contributed by atoms with E-state index in [1.54, 1.807) is 18.2 Å². The van der Waals surface area contributed by atoms with Crippen molar-refractivity contribution in [2.75, 3.05) is 11.1 Å². The van der Waals surface area contributed by atoms with E-state index in [0.717, 1.165) is 29.2 Å². The molecule has 0 saturated carbocycles. The summed E-state index contributed by atoms with van der Waals surface area (Å²) in [5.74, 6) is 0.0283. The fourth-order valence-electron chi connectivity index (χ4n) is 3.29. The van der Waals surface area contributed by atoms with Crippen molar-refractivity contribution in [2.45, 2.75) is 51.2 Å². The van der Waals surface area contributed by atoms with Crippen LogP contribution in [0.2, 0.25) is 0 Å². The van der Waals surface area contributed by atoms with Gasteiger partial charge in [-0.3, -0.25) is 9.59 Å². The van der Waals surface area contributed by atoms with Crippen molar-refractivity contribution in [3.05, 3.63) is 54.1 Å². The standard InChI is InChI=1S/C23H27N3O2S/c1-3-4-5-10-15-26-21-14-9-8-13-20(21)25-23(26)29-16-22(28)24-19-12-7-6-11-18(19)17(2)27/h6-9,11-14H,3-5,10,15-16H2,1-2H3,(H,24,28). The van der Waals surface area contributed by atoms with Crippen LogP contribution in [0.4, 0.5) is 5.69 Å². The Labute approximate surface area is 175 Å². The highest BCUT2D eigenvalue weighted by Crippen LogP contribution is 2.25. The number of nitrogens with one attached hydrogen (secondary N) is 1. The van der Waals surface area contributed by atoms with E-state index in [4.69, 9.17) is 4.98 Å². The van der Waals surface area contributed by atoms with Gasteiger partial charge in [-0.05, 0) is 37.6 Å². The maximum Gasteiger partial charge on any atom is 0.234 e. The van der Waals surface area contributed by atoms with Crippen molar-refractivity contribution in [1.82, 2.24) is 9.55 Å². The first-order valence-corrected chi connectivity index (χ1v) is 11.1. The summed E-state index contributed by atoms with van der Waals surface area (Å²) in [6, 6.07) is 15.2. The Morgan fingerprint density at radius 2 is 1.79 bits per heavy atom. The van der Waals surface area contributed by atoms with Gasteiger partial charge in [0.05, 0.1) is 22.5 Å². The molecule has 0 bridgehead atoms. The number of amides is 1. The lowest BCUT2D eigenvalue weighted by Crippen LogP contribution is -2.16. The molecule has 0 fully saturated rings. The zero-order valence-corrected chi connectivity index (χ0v) is 17.8. The fraction of sp³-hybridized carbons (Fsp3) is 0.348. The zero-order valence-electron chi connectivity index (χ0n) is 17.0. The highest BCUT2D eigenvalue weighted by molar-refractivity contribution is 7.99. The first kappa shape index (κ1) is 21.1. The van der Waals surface area contributed by atoms with E-state index in [-0.39, 0.29) is 17.4 Å². The van der Waals surface area contributed by atoms with Crippen molar-refractivity contribution in [1.29, 1.82) is 0 Å². The minimum Gasteiger partial charge on any atom is -0.325 e. The first-order valence-electron chi connectivity index (χ1n) is 10.1. The molecular weight excluding hydrogens is 382 g/mol. The molecule has 2 aromatic carbocycles. The van der Waals surface area contributed by atoms with Crippen molar-refractivity contribution < 1.29 is 9.59 Å². The summed E-state index contributed by atoms with van der Waals surface area (Å²) in [7, 11) is 0. The highest BCUT2D eigenvalue weighted by Gasteiger charge is 2.14. The number of nitrogens with zero attached hydrogens (tertiary/aromatic N) is 2. The number of carbonyl (C=O) groups excluding carboxylic acids is 2. The van der Waals surface area contributed by atoms with E-state index < -0.39 is 0 Å². The molecule has 29 heavy (non-hydrogen) atoms. The second-order valence-corrected chi connectivity index (χ2v) is 7.98. The molecule has 3 rings (SSSR count).